The molecule has 0 aliphatic carbocycles. The minimum absolute atomic E-state index is 0.209. The molecular weight excluding hydrogens is 166 g/mol. The molecule has 0 aliphatic heterocycles. The lowest BCUT2D eigenvalue weighted by Gasteiger charge is -1.91. The molecule has 5 nitrogen and oxygen atoms in total. The summed E-state index contributed by atoms with van der Waals surface area (Å²) in [6.07, 6.45) is 2.88. The van der Waals surface area contributed by atoms with Crippen molar-refractivity contribution in [1.82, 2.24) is 9.97 Å². The van der Waals surface area contributed by atoms with Gasteiger partial charge < -0.3 is 0 Å². The minimum atomic E-state index is 0.209. The molecule has 0 fully saturated rings. The summed E-state index contributed by atoms with van der Waals surface area (Å²) in [6.45, 7) is 0.209. The molecule has 1 heterocycles. The second kappa shape index (κ2) is 3.75. The smallest absolute Gasteiger partial charge is 0.147 e. The Kier molecular flexibility index (Phi) is 2.66. The van der Waals surface area contributed by atoms with Gasteiger partial charge in [0.25, 0.3) is 0 Å². The van der Waals surface area contributed by atoms with Crippen LogP contribution in [0.3, 0.4) is 0 Å². The van der Waals surface area contributed by atoms with Gasteiger partial charge in [-0.3, -0.25) is 4.98 Å². The molecule has 0 spiro atoms. The van der Waals surface area contributed by atoms with E-state index < -0.39 is 0 Å². The maximum absolute atomic E-state index is 7.97. The number of hydrogen-bond donors (Lipinski definition) is 0. The predicted molar refractivity (Wildman–Crippen MR) is 39.9 cm³/mol. The Balaban J connectivity index is 2.73. The molecule has 0 saturated carbocycles. The van der Waals surface area contributed by atoms with Crippen molar-refractivity contribution in [2.24, 2.45) is 5.11 Å². The summed E-state index contributed by atoms with van der Waals surface area (Å²) in [5.74, 6) is 0. The fourth-order valence-corrected chi connectivity index (χ4v) is 0.622. The predicted octanol–water partition coefficient (Wildman–Crippen LogP) is 1.94. The maximum atomic E-state index is 7.97. The van der Waals surface area contributed by atoms with Gasteiger partial charge in [0, 0.05) is 4.91 Å². The van der Waals surface area contributed by atoms with Crippen LogP contribution >= 0.6 is 11.6 Å². The van der Waals surface area contributed by atoms with E-state index in [1.165, 1.54) is 12.4 Å². The van der Waals surface area contributed by atoms with Gasteiger partial charge in [0.15, 0.2) is 0 Å². The summed E-state index contributed by atoms with van der Waals surface area (Å²) >= 11 is 5.47. The highest BCUT2D eigenvalue weighted by molar-refractivity contribution is 6.29. The molecule has 1 aromatic rings. The first kappa shape index (κ1) is 7.78. The molecule has 0 unspecified atom stereocenters. The first-order valence-electron chi connectivity index (χ1n) is 2.80. The van der Waals surface area contributed by atoms with Crippen LogP contribution in [0.25, 0.3) is 10.4 Å². The van der Waals surface area contributed by atoms with Crippen molar-refractivity contribution in [2.75, 3.05) is 0 Å². The normalized spacial score (nSPS) is 8.82. The quantitative estimate of drug-likeness (QED) is 0.385. The van der Waals surface area contributed by atoms with Crippen molar-refractivity contribution >= 4 is 11.6 Å². The highest BCUT2D eigenvalue weighted by atomic mass is 35.5. The van der Waals surface area contributed by atoms with Crippen LogP contribution in [0.15, 0.2) is 17.5 Å². The molecule has 0 atom stereocenters. The van der Waals surface area contributed by atoms with Crippen LogP contribution in [-0.2, 0) is 6.54 Å². The summed E-state index contributed by atoms with van der Waals surface area (Å²) in [6, 6.07) is 0. The van der Waals surface area contributed by atoms with Crippen LogP contribution in [0, 0.1) is 0 Å². The summed E-state index contributed by atoms with van der Waals surface area (Å²) in [5, 5.41) is 3.64. The minimum Gasteiger partial charge on any atom is -0.256 e. The van der Waals surface area contributed by atoms with Gasteiger partial charge in [-0.05, 0) is 5.53 Å². The van der Waals surface area contributed by atoms with Gasteiger partial charge in [0.2, 0.25) is 0 Å². The third kappa shape index (κ3) is 2.41. The molecule has 6 heteroatoms. The second-order valence-electron chi connectivity index (χ2n) is 1.72. The van der Waals surface area contributed by atoms with Crippen LogP contribution in [0.4, 0.5) is 0 Å². The SMILES string of the molecule is [N-]=[N+]=NCc1cnc(Cl)cn1. The number of azide groups is 1. The Hall–Kier alpha value is -1.32. The third-order valence-corrected chi connectivity index (χ3v) is 1.16. The Bertz CT molecular complexity index is 275. The Morgan fingerprint density at radius 3 is 2.91 bits per heavy atom. The van der Waals surface area contributed by atoms with E-state index in [2.05, 4.69) is 20.0 Å². The average Bonchev–Trinajstić information content (AvgIpc) is 2.04. The van der Waals surface area contributed by atoms with E-state index in [1.54, 1.807) is 0 Å². The van der Waals surface area contributed by atoms with Crippen molar-refractivity contribution < 1.29 is 0 Å². The van der Waals surface area contributed by atoms with Crippen molar-refractivity contribution in [1.29, 1.82) is 0 Å². The van der Waals surface area contributed by atoms with Crippen LogP contribution in [0.2, 0.25) is 5.15 Å². The first-order valence-corrected chi connectivity index (χ1v) is 3.18. The van der Waals surface area contributed by atoms with Crippen LogP contribution in [0.1, 0.15) is 5.69 Å². The van der Waals surface area contributed by atoms with Gasteiger partial charge in [0.05, 0.1) is 24.6 Å². The van der Waals surface area contributed by atoms with E-state index in [0.29, 0.717) is 10.8 Å². The van der Waals surface area contributed by atoms with Crippen LogP contribution < -0.4 is 0 Å². The topological polar surface area (TPSA) is 74.5 Å². The molecule has 11 heavy (non-hydrogen) atoms. The van der Waals surface area contributed by atoms with Gasteiger partial charge in [-0.1, -0.05) is 16.7 Å². The molecule has 0 aliphatic rings. The molecule has 0 N–H and O–H groups in total. The lowest BCUT2D eigenvalue weighted by Crippen LogP contribution is -1.87. The molecule has 0 radical (unpaired) electrons. The Morgan fingerprint density at radius 2 is 2.36 bits per heavy atom. The van der Waals surface area contributed by atoms with Crippen LogP contribution in [-0.4, -0.2) is 9.97 Å². The fourth-order valence-electron chi connectivity index (χ4n) is 0.525. The zero-order chi connectivity index (χ0) is 8.10. The van der Waals surface area contributed by atoms with E-state index in [1.807, 2.05) is 0 Å². The van der Waals surface area contributed by atoms with Crippen molar-refractivity contribution in [3.63, 3.8) is 0 Å². The number of rotatable bonds is 2. The summed E-state index contributed by atoms with van der Waals surface area (Å²) in [4.78, 5) is 10.2. The first-order chi connectivity index (χ1) is 5.33. The zero-order valence-electron chi connectivity index (χ0n) is 5.48. The molecule has 0 saturated heterocycles. The van der Waals surface area contributed by atoms with Crippen molar-refractivity contribution in [3.05, 3.63) is 33.7 Å². The lowest BCUT2D eigenvalue weighted by atomic mass is 10.5. The Labute approximate surface area is 67.7 Å². The lowest BCUT2D eigenvalue weighted by molar-refractivity contribution is 0.952. The van der Waals surface area contributed by atoms with E-state index in [9.17, 15) is 0 Å². The Morgan fingerprint density at radius 1 is 1.55 bits per heavy atom. The number of halogens is 1. The highest BCUT2D eigenvalue weighted by Crippen LogP contribution is 2.01. The van der Waals surface area contributed by atoms with Crippen molar-refractivity contribution in [3.8, 4) is 0 Å². The largest absolute Gasteiger partial charge is 0.256 e. The van der Waals surface area contributed by atoms with Gasteiger partial charge in [-0.25, -0.2) is 4.98 Å². The second-order valence-corrected chi connectivity index (χ2v) is 2.11. The summed E-state index contributed by atoms with van der Waals surface area (Å²) in [7, 11) is 0. The molecular formula is C5H4ClN5. The number of aromatic nitrogens is 2. The maximum Gasteiger partial charge on any atom is 0.147 e. The van der Waals surface area contributed by atoms with E-state index in [4.69, 9.17) is 17.1 Å². The molecule has 56 valence electrons. The highest BCUT2D eigenvalue weighted by Gasteiger charge is 1.91. The number of hydrogen-bond acceptors (Lipinski definition) is 3. The summed E-state index contributed by atoms with van der Waals surface area (Å²) in [5.41, 5.74) is 8.57. The van der Waals surface area contributed by atoms with Gasteiger partial charge in [-0.2, -0.15) is 0 Å². The van der Waals surface area contributed by atoms with Crippen LogP contribution in [0.5, 0.6) is 0 Å². The molecule has 1 aromatic heterocycles. The molecule has 0 aromatic carbocycles. The zero-order valence-corrected chi connectivity index (χ0v) is 6.23. The monoisotopic (exact) mass is 169 g/mol. The summed E-state index contributed by atoms with van der Waals surface area (Å²) < 4.78 is 0. The van der Waals surface area contributed by atoms with Gasteiger partial charge in [0.1, 0.15) is 5.15 Å². The number of nitrogens with zero attached hydrogens (tertiary/aromatic N) is 5. The molecule has 1 rings (SSSR count). The van der Waals surface area contributed by atoms with E-state index in [-0.39, 0.29) is 6.54 Å². The van der Waals surface area contributed by atoms with E-state index >= 15 is 0 Å². The molecule has 0 amide bonds. The standard InChI is InChI=1S/C5H4ClN5/c6-5-3-8-4(1-9-5)2-10-11-7/h1,3H,2H2. The van der Waals surface area contributed by atoms with Crippen molar-refractivity contribution in [2.45, 2.75) is 6.54 Å². The third-order valence-electron chi connectivity index (χ3n) is 0.970. The van der Waals surface area contributed by atoms with Gasteiger partial charge in [-0.15, -0.1) is 0 Å². The van der Waals surface area contributed by atoms with E-state index in [0.717, 1.165) is 0 Å². The molecule has 0 bridgehead atoms. The van der Waals surface area contributed by atoms with Gasteiger partial charge >= 0.3 is 0 Å². The average molecular weight is 170 g/mol. The fraction of sp³-hybridized carbons (Fsp3) is 0.200.